The highest BCUT2D eigenvalue weighted by Gasteiger charge is 2.23. The molecule has 108 valence electrons. The van der Waals surface area contributed by atoms with Gasteiger partial charge in [-0.15, -0.1) is 0 Å². The Morgan fingerprint density at radius 3 is 2.70 bits per heavy atom. The number of nitro benzene ring substituents is 1. The van der Waals surface area contributed by atoms with Gasteiger partial charge in [-0.1, -0.05) is 0 Å². The fraction of sp³-hybridized carbons (Fsp3) is 0.364. The summed E-state index contributed by atoms with van der Waals surface area (Å²) in [7, 11) is -3.97. The van der Waals surface area contributed by atoms with Crippen LogP contribution in [0.2, 0.25) is 0 Å². The average molecular weight is 301 g/mol. The number of hydrogen-bond acceptors (Lipinski definition) is 5. The molecule has 0 spiro atoms. The van der Waals surface area contributed by atoms with Crippen LogP contribution >= 0.6 is 0 Å². The zero-order valence-corrected chi connectivity index (χ0v) is 11.4. The first-order chi connectivity index (χ1) is 9.29. The number of hydrogen-bond donors (Lipinski definition) is 1. The van der Waals surface area contributed by atoms with Crippen molar-refractivity contribution in [3.05, 3.63) is 33.6 Å². The zero-order chi connectivity index (χ0) is 15.3. The fourth-order valence-electron chi connectivity index (χ4n) is 1.52. The van der Waals surface area contributed by atoms with Crippen molar-refractivity contribution in [2.75, 3.05) is 6.54 Å². The number of nitriles is 1. The molecule has 0 atom stereocenters. The van der Waals surface area contributed by atoms with Crippen LogP contribution in [0.1, 0.15) is 18.4 Å². The number of rotatable bonds is 6. The van der Waals surface area contributed by atoms with E-state index in [4.69, 9.17) is 5.26 Å². The Balaban J connectivity index is 3.09. The first-order valence-electron chi connectivity index (χ1n) is 5.60. The van der Waals surface area contributed by atoms with Gasteiger partial charge in [0.1, 0.15) is 0 Å². The van der Waals surface area contributed by atoms with E-state index in [1.807, 2.05) is 6.07 Å². The van der Waals surface area contributed by atoms with Gasteiger partial charge in [-0.3, -0.25) is 10.1 Å². The van der Waals surface area contributed by atoms with Crippen molar-refractivity contribution >= 4 is 15.7 Å². The lowest BCUT2D eigenvalue weighted by Crippen LogP contribution is -2.25. The van der Waals surface area contributed by atoms with Crippen LogP contribution in [-0.2, 0) is 10.0 Å². The molecule has 0 aliphatic heterocycles. The number of aryl methyl sites for hydroxylation is 1. The maximum Gasteiger partial charge on any atom is 0.306 e. The normalized spacial score (nSPS) is 11.1. The van der Waals surface area contributed by atoms with Gasteiger partial charge in [0, 0.05) is 19.0 Å². The topological polar surface area (TPSA) is 113 Å². The van der Waals surface area contributed by atoms with E-state index in [0.29, 0.717) is 12.5 Å². The predicted molar refractivity (Wildman–Crippen MR) is 67.8 cm³/mol. The van der Waals surface area contributed by atoms with Crippen molar-refractivity contribution in [3.63, 3.8) is 0 Å². The van der Waals surface area contributed by atoms with Gasteiger partial charge in [-0.25, -0.2) is 13.1 Å². The molecule has 0 unspecified atom stereocenters. The Morgan fingerprint density at radius 2 is 2.15 bits per heavy atom. The van der Waals surface area contributed by atoms with E-state index in [2.05, 4.69) is 4.72 Å². The highest BCUT2D eigenvalue weighted by atomic mass is 32.2. The molecule has 7 nitrogen and oxygen atoms in total. The lowest BCUT2D eigenvalue weighted by Gasteiger charge is -2.09. The van der Waals surface area contributed by atoms with E-state index in [0.717, 1.165) is 6.07 Å². The van der Waals surface area contributed by atoms with Crippen molar-refractivity contribution in [3.8, 4) is 6.07 Å². The molecule has 1 rings (SSSR count). The van der Waals surface area contributed by atoms with Crippen molar-refractivity contribution < 1.29 is 17.7 Å². The lowest BCUT2D eigenvalue weighted by molar-refractivity contribution is -0.387. The van der Waals surface area contributed by atoms with Crippen LogP contribution < -0.4 is 4.72 Å². The minimum atomic E-state index is -3.97. The highest BCUT2D eigenvalue weighted by molar-refractivity contribution is 7.89. The summed E-state index contributed by atoms with van der Waals surface area (Å²) in [6, 6.07) is 3.36. The van der Waals surface area contributed by atoms with Gasteiger partial charge in [0.05, 0.1) is 15.9 Å². The largest absolute Gasteiger partial charge is 0.306 e. The molecule has 0 bridgehead atoms. The molecule has 0 aliphatic rings. The number of nitro groups is 1. The third kappa shape index (κ3) is 3.72. The maximum atomic E-state index is 13.3. The van der Waals surface area contributed by atoms with Gasteiger partial charge < -0.3 is 0 Å². The number of benzene rings is 1. The molecule has 0 saturated heterocycles. The summed E-state index contributed by atoms with van der Waals surface area (Å²) in [6.45, 7) is 1.37. The van der Waals surface area contributed by atoms with Crippen molar-refractivity contribution in [2.45, 2.75) is 24.7 Å². The second-order valence-corrected chi connectivity index (χ2v) is 5.72. The number of nitrogens with zero attached hydrogens (tertiary/aromatic N) is 2. The predicted octanol–water partition coefficient (Wildman–Crippen LogP) is 1.62. The highest BCUT2D eigenvalue weighted by Crippen LogP contribution is 2.25. The SMILES string of the molecule is Cc1cc(F)c([N+](=O)[O-])cc1S(=O)(=O)NCCCC#N. The van der Waals surface area contributed by atoms with Gasteiger partial charge in [0.15, 0.2) is 0 Å². The molecular weight excluding hydrogens is 289 g/mol. The average Bonchev–Trinajstić information content (AvgIpc) is 2.33. The van der Waals surface area contributed by atoms with E-state index in [1.54, 1.807) is 0 Å². The fourth-order valence-corrected chi connectivity index (χ4v) is 2.84. The number of halogens is 1. The Kier molecular flexibility index (Phi) is 5.12. The minimum absolute atomic E-state index is 0.0283. The molecule has 1 N–H and O–H groups in total. The van der Waals surface area contributed by atoms with E-state index < -0.39 is 26.5 Å². The van der Waals surface area contributed by atoms with Crippen molar-refractivity contribution in [2.24, 2.45) is 0 Å². The molecular formula is C11H12FN3O4S. The van der Waals surface area contributed by atoms with Gasteiger partial charge >= 0.3 is 5.69 Å². The number of unbranched alkanes of at least 4 members (excludes halogenated alkanes) is 1. The summed E-state index contributed by atoms with van der Waals surface area (Å²) < 4.78 is 39.5. The second-order valence-electron chi connectivity index (χ2n) is 3.99. The standard InChI is InChI=1S/C11H12FN3O4S/c1-8-6-9(12)10(15(16)17)7-11(8)20(18,19)14-5-3-2-4-13/h6-7,14H,2-3,5H2,1H3. The third-order valence-corrected chi connectivity index (χ3v) is 4.09. The Hall–Kier alpha value is -2.05. The molecule has 0 radical (unpaired) electrons. The Morgan fingerprint density at radius 1 is 1.50 bits per heavy atom. The molecule has 1 aromatic rings. The van der Waals surface area contributed by atoms with E-state index in [9.17, 15) is 22.9 Å². The number of nitrogens with one attached hydrogen (secondary N) is 1. The van der Waals surface area contributed by atoms with Crippen LogP contribution in [0.25, 0.3) is 0 Å². The van der Waals surface area contributed by atoms with Gasteiger partial charge in [-0.05, 0) is 25.0 Å². The van der Waals surface area contributed by atoms with Gasteiger partial charge in [0.2, 0.25) is 15.8 Å². The second kappa shape index (κ2) is 6.40. The molecule has 9 heteroatoms. The molecule has 0 heterocycles. The van der Waals surface area contributed by atoms with Crippen LogP contribution in [0.15, 0.2) is 17.0 Å². The molecule has 0 fully saturated rings. The quantitative estimate of drug-likeness (QED) is 0.487. The number of sulfonamides is 1. The maximum absolute atomic E-state index is 13.3. The molecule has 0 aliphatic carbocycles. The lowest BCUT2D eigenvalue weighted by atomic mass is 10.2. The van der Waals surface area contributed by atoms with Gasteiger partial charge in [-0.2, -0.15) is 9.65 Å². The Bertz CT molecular complexity index is 667. The van der Waals surface area contributed by atoms with E-state index >= 15 is 0 Å². The zero-order valence-electron chi connectivity index (χ0n) is 10.6. The van der Waals surface area contributed by atoms with E-state index in [-0.39, 0.29) is 23.4 Å². The first kappa shape index (κ1) is 16.0. The third-order valence-electron chi connectivity index (χ3n) is 2.49. The summed E-state index contributed by atoms with van der Waals surface area (Å²) >= 11 is 0. The van der Waals surface area contributed by atoms with Crippen LogP contribution in [0.5, 0.6) is 0 Å². The Labute approximate surface area is 115 Å². The van der Waals surface area contributed by atoms with Crippen LogP contribution in [0, 0.1) is 34.2 Å². The van der Waals surface area contributed by atoms with Crippen LogP contribution in [-0.4, -0.2) is 19.9 Å². The van der Waals surface area contributed by atoms with E-state index in [1.165, 1.54) is 6.92 Å². The summed E-state index contributed by atoms with van der Waals surface area (Å²) in [4.78, 5) is 9.30. The summed E-state index contributed by atoms with van der Waals surface area (Å²) in [6.07, 6.45) is 0.503. The smallest absolute Gasteiger partial charge is 0.258 e. The van der Waals surface area contributed by atoms with Crippen LogP contribution in [0.4, 0.5) is 10.1 Å². The van der Waals surface area contributed by atoms with Crippen molar-refractivity contribution in [1.29, 1.82) is 5.26 Å². The molecule has 0 amide bonds. The molecule has 0 saturated carbocycles. The molecule has 20 heavy (non-hydrogen) atoms. The first-order valence-corrected chi connectivity index (χ1v) is 7.09. The monoisotopic (exact) mass is 301 g/mol. The summed E-state index contributed by atoms with van der Waals surface area (Å²) in [5.41, 5.74) is -0.825. The minimum Gasteiger partial charge on any atom is -0.258 e. The van der Waals surface area contributed by atoms with Crippen LogP contribution in [0.3, 0.4) is 0 Å². The summed E-state index contributed by atoms with van der Waals surface area (Å²) in [5.74, 6) is -1.09. The molecule has 1 aromatic carbocycles. The summed E-state index contributed by atoms with van der Waals surface area (Å²) in [5, 5.41) is 19.0. The molecule has 0 aromatic heterocycles. The van der Waals surface area contributed by atoms with Crippen molar-refractivity contribution in [1.82, 2.24) is 4.72 Å². The van der Waals surface area contributed by atoms with Gasteiger partial charge in [0.25, 0.3) is 0 Å².